The highest BCUT2D eigenvalue weighted by molar-refractivity contribution is 6.04. The molecule has 1 atom stereocenters. The molecule has 5 rings (SSSR count). The third-order valence-electron chi connectivity index (χ3n) is 5.84. The van der Waals surface area contributed by atoms with Gasteiger partial charge in [-0.3, -0.25) is 4.79 Å². The molecule has 1 amide bonds. The Morgan fingerprint density at radius 3 is 2.24 bits per heavy atom. The van der Waals surface area contributed by atoms with Crippen molar-refractivity contribution in [3.8, 4) is 0 Å². The van der Waals surface area contributed by atoms with Crippen LogP contribution in [0.25, 0.3) is 0 Å². The summed E-state index contributed by atoms with van der Waals surface area (Å²) in [4.78, 5) is 39.6. The van der Waals surface area contributed by atoms with Gasteiger partial charge in [-0.25, -0.2) is 33.7 Å². The molecule has 2 aliphatic heterocycles. The van der Waals surface area contributed by atoms with Gasteiger partial charge in [0, 0.05) is 31.9 Å². The Labute approximate surface area is 194 Å². The number of pyridine rings is 1. The second kappa shape index (κ2) is 9.12. The van der Waals surface area contributed by atoms with E-state index in [1.165, 1.54) is 6.20 Å². The van der Waals surface area contributed by atoms with Crippen LogP contribution < -0.4 is 20.0 Å². The third kappa shape index (κ3) is 4.56. The Morgan fingerprint density at radius 1 is 0.912 bits per heavy atom. The lowest BCUT2D eigenvalue weighted by atomic mass is 10.2. The van der Waals surface area contributed by atoms with E-state index in [0.29, 0.717) is 61.7 Å². The van der Waals surface area contributed by atoms with Crippen LogP contribution in [-0.4, -0.2) is 75.8 Å². The molecule has 0 spiro atoms. The molecule has 2 saturated heterocycles. The van der Waals surface area contributed by atoms with E-state index >= 15 is 0 Å². The number of carbonyl (C=O) groups is 1. The smallest absolute Gasteiger partial charge is 0.257 e. The van der Waals surface area contributed by atoms with E-state index < -0.39 is 12.0 Å². The summed E-state index contributed by atoms with van der Waals surface area (Å²) < 4.78 is 26.1. The number of amides is 1. The van der Waals surface area contributed by atoms with Crippen LogP contribution >= 0.6 is 0 Å². The Morgan fingerprint density at radius 2 is 1.62 bits per heavy atom. The standard InChI is InChI=1S/C22H23F2N9O/c1-14-11-31(21-26-7-16(23)8-27-21)4-5-33(14)22-28-9-18(10-29-22)30-20(34)15-2-3-19(25-6-15)32-12-17(24)13-32/h2-3,6-10,14,17H,4-5,11-13H2,1H3,(H,30,34)/t14-/m1/s1. The average molecular weight is 467 g/mol. The molecular formula is C22H23F2N9O. The zero-order valence-electron chi connectivity index (χ0n) is 18.5. The summed E-state index contributed by atoms with van der Waals surface area (Å²) in [7, 11) is 0. The zero-order valence-corrected chi connectivity index (χ0v) is 18.5. The molecule has 1 N–H and O–H groups in total. The lowest BCUT2D eigenvalue weighted by molar-refractivity contribution is 0.102. The van der Waals surface area contributed by atoms with Crippen LogP contribution in [0, 0.1) is 5.82 Å². The number of hydrogen-bond donors (Lipinski definition) is 1. The van der Waals surface area contributed by atoms with E-state index in [4.69, 9.17) is 0 Å². The highest BCUT2D eigenvalue weighted by Crippen LogP contribution is 2.22. The molecule has 0 saturated carbocycles. The Bertz CT molecular complexity index is 1140. The lowest BCUT2D eigenvalue weighted by Crippen LogP contribution is -2.53. The van der Waals surface area contributed by atoms with Gasteiger partial charge in [0.05, 0.1) is 49.1 Å². The first kappa shape index (κ1) is 21.9. The minimum atomic E-state index is -0.816. The Kier molecular flexibility index (Phi) is 5.86. The van der Waals surface area contributed by atoms with Crippen LogP contribution in [0.2, 0.25) is 0 Å². The zero-order chi connectivity index (χ0) is 23.7. The molecule has 176 valence electrons. The van der Waals surface area contributed by atoms with Gasteiger partial charge < -0.3 is 20.0 Å². The van der Waals surface area contributed by atoms with Gasteiger partial charge in [-0.1, -0.05) is 0 Å². The van der Waals surface area contributed by atoms with Gasteiger partial charge in [-0.15, -0.1) is 0 Å². The van der Waals surface area contributed by atoms with Crippen molar-refractivity contribution in [1.82, 2.24) is 24.9 Å². The fourth-order valence-corrected chi connectivity index (χ4v) is 3.96. The van der Waals surface area contributed by atoms with E-state index in [9.17, 15) is 13.6 Å². The molecule has 3 aromatic heterocycles. The van der Waals surface area contributed by atoms with Crippen LogP contribution in [0.5, 0.6) is 0 Å². The number of nitrogens with one attached hydrogen (secondary N) is 1. The second-order valence-electron chi connectivity index (χ2n) is 8.32. The van der Waals surface area contributed by atoms with Gasteiger partial charge >= 0.3 is 0 Å². The predicted octanol–water partition coefficient (Wildman–Crippen LogP) is 1.93. The number of nitrogens with zero attached hydrogens (tertiary/aromatic N) is 8. The molecule has 0 radical (unpaired) electrons. The molecule has 0 aliphatic carbocycles. The molecule has 0 aromatic carbocycles. The van der Waals surface area contributed by atoms with Crippen LogP contribution in [0.4, 0.5) is 32.2 Å². The van der Waals surface area contributed by atoms with Gasteiger partial charge in [0.1, 0.15) is 12.0 Å². The minimum absolute atomic E-state index is 0.0755. The van der Waals surface area contributed by atoms with Crippen molar-refractivity contribution in [3.63, 3.8) is 0 Å². The van der Waals surface area contributed by atoms with Crippen molar-refractivity contribution in [2.24, 2.45) is 0 Å². The molecule has 5 heterocycles. The second-order valence-corrected chi connectivity index (χ2v) is 8.32. The van der Waals surface area contributed by atoms with Crippen LogP contribution in [-0.2, 0) is 0 Å². The maximum Gasteiger partial charge on any atom is 0.257 e. The summed E-state index contributed by atoms with van der Waals surface area (Å²) in [6.07, 6.45) is 6.10. The predicted molar refractivity (Wildman–Crippen MR) is 122 cm³/mol. The third-order valence-corrected chi connectivity index (χ3v) is 5.84. The fraction of sp³-hybridized carbons (Fsp3) is 0.364. The number of aromatic nitrogens is 5. The number of piperazine rings is 1. The molecule has 0 bridgehead atoms. The molecular weight excluding hydrogens is 444 g/mol. The van der Waals surface area contributed by atoms with Crippen molar-refractivity contribution in [1.29, 1.82) is 0 Å². The minimum Gasteiger partial charge on any atom is -0.351 e. The largest absolute Gasteiger partial charge is 0.351 e. The molecule has 2 fully saturated rings. The fourth-order valence-electron chi connectivity index (χ4n) is 3.96. The molecule has 34 heavy (non-hydrogen) atoms. The van der Waals surface area contributed by atoms with Crippen LogP contribution in [0.1, 0.15) is 17.3 Å². The number of anilines is 4. The Balaban J connectivity index is 1.17. The van der Waals surface area contributed by atoms with Gasteiger partial charge in [0.15, 0.2) is 5.82 Å². The van der Waals surface area contributed by atoms with Crippen molar-refractivity contribution in [2.45, 2.75) is 19.1 Å². The highest BCUT2D eigenvalue weighted by Gasteiger charge is 2.28. The van der Waals surface area contributed by atoms with Gasteiger partial charge in [-0.2, -0.15) is 0 Å². The van der Waals surface area contributed by atoms with Crippen molar-refractivity contribution in [2.75, 3.05) is 52.7 Å². The summed E-state index contributed by atoms with van der Waals surface area (Å²) in [6.45, 7) is 4.63. The molecule has 12 heteroatoms. The number of halogens is 2. The normalized spacial score (nSPS) is 18.6. The molecule has 10 nitrogen and oxygen atoms in total. The maximum absolute atomic E-state index is 13.1. The quantitative estimate of drug-likeness (QED) is 0.603. The molecule has 2 aliphatic rings. The number of hydrogen-bond acceptors (Lipinski definition) is 9. The summed E-state index contributed by atoms with van der Waals surface area (Å²) in [5, 5.41) is 2.76. The van der Waals surface area contributed by atoms with E-state index in [2.05, 4.69) is 35.1 Å². The highest BCUT2D eigenvalue weighted by atomic mass is 19.1. The average Bonchev–Trinajstić information content (AvgIpc) is 2.83. The monoisotopic (exact) mass is 467 g/mol. The van der Waals surface area contributed by atoms with Crippen LogP contribution in [0.15, 0.2) is 43.1 Å². The number of rotatable bonds is 5. The SMILES string of the molecule is C[C@@H]1CN(c2ncc(F)cn2)CCN1c1ncc(NC(=O)c2ccc(N3CC(F)C3)nc2)cn1. The number of alkyl halides is 1. The summed E-state index contributed by atoms with van der Waals surface area (Å²) >= 11 is 0. The van der Waals surface area contributed by atoms with E-state index in [0.717, 1.165) is 12.4 Å². The number of carbonyl (C=O) groups excluding carboxylic acids is 1. The molecule has 0 unspecified atom stereocenters. The maximum atomic E-state index is 13.1. The summed E-state index contributed by atoms with van der Waals surface area (Å²) in [6, 6.07) is 3.44. The van der Waals surface area contributed by atoms with Gasteiger partial charge in [-0.05, 0) is 19.1 Å². The van der Waals surface area contributed by atoms with E-state index in [1.807, 2.05) is 16.7 Å². The topological polar surface area (TPSA) is 103 Å². The Hall–Kier alpha value is -3.96. The van der Waals surface area contributed by atoms with Crippen molar-refractivity contribution < 1.29 is 13.6 Å². The molecule has 3 aromatic rings. The van der Waals surface area contributed by atoms with E-state index in [-0.39, 0.29) is 11.9 Å². The first-order chi connectivity index (χ1) is 16.5. The van der Waals surface area contributed by atoms with Gasteiger partial charge in [0.25, 0.3) is 5.91 Å². The summed E-state index contributed by atoms with van der Waals surface area (Å²) in [5.41, 5.74) is 0.852. The van der Waals surface area contributed by atoms with Crippen molar-refractivity contribution in [3.05, 3.63) is 54.5 Å². The first-order valence-electron chi connectivity index (χ1n) is 10.9. The lowest BCUT2D eigenvalue weighted by Gasteiger charge is -2.39. The summed E-state index contributed by atoms with van der Waals surface area (Å²) in [5.74, 6) is 0.900. The van der Waals surface area contributed by atoms with Crippen molar-refractivity contribution >= 4 is 29.3 Å². The van der Waals surface area contributed by atoms with Crippen LogP contribution in [0.3, 0.4) is 0 Å². The first-order valence-corrected chi connectivity index (χ1v) is 10.9. The van der Waals surface area contributed by atoms with Gasteiger partial charge in [0.2, 0.25) is 11.9 Å². The van der Waals surface area contributed by atoms with E-state index in [1.54, 1.807) is 24.5 Å².